The molecule has 1 amide bonds. The van der Waals surface area contributed by atoms with Gasteiger partial charge in [-0.25, -0.2) is 0 Å². The van der Waals surface area contributed by atoms with Crippen molar-refractivity contribution >= 4 is 17.5 Å². The van der Waals surface area contributed by atoms with Crippen molar-refractivity contribution in [1.29, 1.82) is 0 Å². The monoisotopic (exact) mass is 369 g/mol. The molecule has 140 valence electrons. The minimum Gasteiger partial charge on any atom is -0.491 e. The average Bonchev–Trinajstić information content (AvgIpc) is 2.58. The second-order valence-corrected chi connectivity index (χ2v) is 6.73. The number of carbonyl (C=O) groups excluding carboxylic acids is 1. The number of para-hydroxylation sites is 1. The van der Waals surface area contributed by atoms with E-state index in [2.05, 4.69) is 15.1 Å². The number of nitrogens with one attached hydrogen (secondary N) is 1. The molecule has 0 aromatic heterocycles. The maximum absolute atomic E-state index is 12.0. The molecule has 1 aromatic rings. The Morgan fingerprint density at radius 3 is 2.60 bits per heavy atom. The fourth-order valence-electron chi connectivity index (χ4n) is 2.83. The summed E-state index contributed by atoms with van der Waals surface area (Å²) in [6.07, 6.45) is 0. The standard InChI is InChI=1S/C18H28ClN3O3/c1-15(14-24-2)20-18(23)13-22-9-7-21(8-10-22)11-12-25-17-6-4-3-5-16(17)19/h3-6,15H,7-14H2,1-2H3,(H,20,23). The number of amides is 1. The molecule has 1 N–H and O–H groups in total. The number of rotatable bonds is 9. The van der Waals surface area contributed by atoms with Crippen LogP contribution in [0.4, 0.5) is 0 Å². The Kier molecular flexibility index (Phi) is 8.48. The number of nitrogens with zero attached hydrogens (tertiary/aromatic N) is 2. The Labute approximate surface area is 155 Å². The zero-order valence-electron chi connectivity index (χ0n) is 15.0. The van der Waals surface area contributed by atoms with E-state index in [9.17, 15) is 4.79 Å². The van der Waals surface area contributed by atoms with Crippen LogP contribution >= 0.6 is 11.6 Å². The first kappa shape index (κ1) is 20.0. The van der Waals surface area contributed by atoms with E-state index in [4.69, 9.17) is 21.1 Å². The lowest BCUT2D eigenvalue weighted by Crippen LogP contribution is -2.51. The number of methoxy groups -OCH3 is 1. The maximum Gasteiger partial charge on any atom is 0.234 e. The van der Waals surface area contributed by atoms with Gasteiger partial charge in [0.1, 0.15) is 12.4 Å². The minimum atomic E-state index is 0.0424. The summed E-state index contributed by atoms with van der Waals surface area (Å²) in [5.41, 5.74) is 0. The first-order valence-electron chi connectivity index (χ1n) is 8.69. The largest absolute Gasteiger partial charge is 0.491 e. The second-order valence-electron chi connectivity index (χ2n) is 6.32. The summed E-state index contributed by atoms with van der Waals surface area (Å²) in [5.74, 6) is 0.782. The number of hydrogen-bond acceptors (Lipinski definition) is 5. The van der Waals surface area contributed by atoms with Gasteiger partial charge >= 0.3 is 0 Å². The fourth-order valence-corrected chi connectivity index (χ4v) is 3.02. The van der Waals surface area contributed by atoms with E-state index in [1.165, 1.54) is 0 Å². The summed E-state index contributed by atoms with van der Waals surface area (Å²) in [7, 11) is 1.64. The lowest BCUT2D eigenvalue weighted by atomic mass is 10.3. The highest BCUT2D eigenvalue weighted by atomic mass is 35.5. The Morgan fingerprint density at radius 2 is 1.92 bits per heavy atom. The summed E-state index contributed by atoms with van der Waals surface area (Å²) >= 11 is 6.08. The molecule has 25 heavy (non-hydrogen) atoms. The van der Waals surface area contributed by atoms with Crippen molar-refractivity contribution in [3.8, 4) is 5.75 Å². The summed E-state index contributed by atoms with van der Waals surface area (Å²) in [4.78, 5) is 16.5. The molecule has 6 nitrogen and oxygen atoms in total. The molecule has 1 aliphatic heterocycles. The molecule has 1 saturated heterocycles. The quantitative estimate of drug-likeness (QED) is 0.714. The van der Waals surface area contributed by atoms with Crippen LogP contribution in [0.5, 0.6) is 5.75 Å². The van der Waals surface area contributed by atoms with Crippen molar-refractivity contribution in [3.05, 3.63) is 29.3 Å². The van der Waals surface area contributed by atoms with Gasteiger partial charge in [0.15, 0.2) is 0 Å². The van der Waals surface area contributed by atoms with E-state index >= 15 is 0 Å². The van der Waals surface area contributed by atoms with Gasteiger partial charge in [-0.2, -0.15) is 0 Å². The van der Waals surface area contributed by atoms with E-state index in [0.717, 1.165) is 38.5 Å². The van der Waals surface area contributed by atoms with E-state index < -0.39 is 0 Å². The molecular formula is C18H28ClN3O3. The van der Waals surface area contributed by atoms with Crippen molar-refractivity contribution < 1.29 is 14.3 Å². The summed E-state index contributed by atoms with van der Waals surface area (Å²) in [5, 5.41) is 3.59. The van der Waals surface area contributed by atoms with Crippen molar-refractivity contribution in [3.63, 3.8) is 0 Å². The Morgan fingerprint density at radius 1 is 1.24 bits per heavy atom. The number of halogens is 1. The van der Waals surface area contributed by atoms with Gasteiger partial charge < -0.3 is 14.8 Å². The molecule has 2 rings (SSSR count). The third kappa shape index (κ3) is 7.20. The van der Waals surface area contributed by atoms with Crippen LogP contribution in [-0.4, -0.2) is 81.3 Å². The first-order valence-corrected chi connectivity index (χ1v) is 9.06. The minimum absolute atomic E-state index is 0.0424. The van der Waals surface area contributed by atoms with Crippen LogP contribution in [0.15, 0.2) is 24.3 Å². The molecule has 1 aromatic carbocycles. The van der Waals surface area contributed by atoms with E-state index in [0.29, 0.717) is 24.8 Å². The van der Waals surface area contributed by atoms with Gasteiger partial charge in [-0.05, 0) is 19.1 Å². The number of hydrogen-bond donors (Lipinski definition) is 1. The molecule has 0 spiro atoms. The van der Waals surface area contributed by atoms with Crippen molar-refractivity contribution in [2.75, 3.05) is 59.6 Å². The lowest BCUT2D eigenvalue weighted by molar-refractivity contribution is -0.123. The van der Waals surface area contributed by atoms with Gasteiger partial charge in [0.2, 0.25) is 5.91 Å². The molecule has 1 atom stereocenters. The zero-order valence-corrected chi connectivity index (χ0v) is 15.8. The predicted molar refractivity (Wildman–Crippen MR) is 99.3 cm³/mol. The Bertz CT molecular complexity index is 536. The second kappa shape index (κ2) is 10.6. The molecule has 1 unspecified atom stereocenters. The summed E-state index contributed by atoms with van der Waals surface area (Å²) in [6.45, 7) is 8.03. The highest BCUT2D eigenvalue weighted by molar-refractivity contribution is 6.32. The van der Waals surface area contributed by atoms with E-state index in [1.807, 2.05) is 31.2 Å². The predicted octanol–water partition coefficient (Wildman–Crippen LogP) is 1.49. The Balaban J connectivity index is 1.61. The van der Waals surface area contributed by atoms with Crippen LogP contribution in [0.25, 0.3) is 0 Å². The van der Waals surface area contributed by atoms with Gasteiger partial charge in [0, 0.05) is 45.9 Å². The van der Waals surface area contributed by atoms with Crippen LogP contribution in [0, 0.1) is 0 Å². The topological polar surface area (TPSA) is 54.0 Å². The van der Waals surface area contributed by atoms with Crippen LogP contribution in [-0.2, 0) is 9.53 Å². The number of piperazine rings is 1. The lowest BCUT2D eigenvalue weighted by Gasteiger charge is -2.34. The molecule has 0 bridgehead atoms. The van der Waals surface area contributed by atoms with Gasteiger partial charge in [0.05, 0.1) is 18.2 Å². The van der Waals surface area contributed by atoms with Gasteiger partial charge in [-0.3, -0.25) is 14.6 Å². The third-order valence-corrected chi connectivity index (χ3v) is 4.47. The molecule has 0 saturated carbocycles. The van der Waals surface area contributed by atoms with Crippen molar-refractivity contribution in [2.24, 2.45) is 0 Å². The van der Waals surface area contributed by atoms with Crippen LogP contribution in [0.1, 0.15) is 6.92 Å². The SMILES string of the molecule is COCC(C)NC(=O)CN1CCN(CCOc2ccccc2Cl)CC1. The first-order chi connectivity index (χ1) is 12.1. The van der Waals surface area contributed by atoms with Gasteiger partial charge in [-0.15, -0.1) is 0 Å². The molecule has 0 aliphatic carbocycles. The van der Waals surface area contributed by atoms with Crippen LogP contribution in [0.2, 0.25) is 5.02 Å². The average molecular weight is 370 g/mol. The molecule has 1 heterocycles. The van der Waals surface area contributed by atoms with Crippen molar-refractivity contribution in [2.45, 2.75) is 13.0 Å². The van der Waals surface area contributed by atoms with Crippen molar-refractivity contribution in [1.82, 2.24) is 15.1 Å². The van der Waals surface area contributed by atoms with Gasteiger partial charge in [0.25, 0.3) is 0 Å². The molecular weight excluding hydrogens is 342 g/mol. The fraction of sp³-hybridized carbons (Fsp3) is 0.611. The van der Waals surface area contributed by atoms with Gasteiger partial charge in [-0.1, -0.05) is 23.7 Å². The number of benzene rings is 1. The zero-order chi connectivity index (χ0) is 18.1. The van der Waals surface area contributed by atoms with Crippen LogP contribution in [0.3, 0.4) is 0 Å². The molecule has 0 radical (unpaired) electrons. The normalized spacial score (nSPS) is 17.2. The number of carbonyl (C=O) groups is 1. The summed E-state index contributed by atoms with van der Waals surface area (Å²) < 4.78 is 10.8. The third-order valence-electron chi connectivity index (χ3n) is 4.16. The van der Waals surface area contributed by atoms with E-state index in [-0.39, 0.29) is 11.9 Å². The van der Waals surface area contributed by atoms with E-state index in [1.54, 1.807) is 7.11 Å². The number of ether oxygens (including phenoxy) is 2. The van der Waals surface area contributed by atoms with Crippen LogP contribution < -0.4 is 10.1 Å². The smallest absolute Gasteiger partial charge is 0.234 e. The molecule has 7 heteroatoms. The maximum atomic E-state index is 12.0. The Hall–Kier alpha value is -1.34. The highest BCUT2D eigenvalue weighted by Gasteiger charge is 2.19. The highest BCUT2D eigenvalue weighted by Crippen LogP contribution is 2.22. The summed E-state index contributed by atoms with van der Waals surface area (Å²) in [6, 6.07) is 7.55. The molecule has 1 aliphatic rings. The molecule has 1 fully saturated rings.